The maximum absolute atomic E-state index is 5.15. The van der Waals surface area contributed by atoms with Crippen LogP contribution in [0, 0.1) is 0 Å². The summed E-state index contributed by atoms with van der Waals surface area (Å²) < 4.78 is 2.35. The van der Waals surface area contributed by atoms with E-state index in [1.165, 1.54) is 49.4 Å². The molecule has 0 aliphatic rings. The van der Waals surface area contributed by atoms with Gasteiger partial charge >= 0.3 is 0 Å². The maximum Gasteiger partial charge on any atom is 0.160 e. The number of para-hydroxylation sites is 1. The number of fused-ring (bicyclic) bond motifs is 4. The Morgan fingerprint density at radius 3 is 1.78 bits per heavy atom. The average molecular weight is 692 g/mol. The summed E-state index contributed by atoms with van der Waals surface area (Å²) in [5.74, 6) is 0.713. The fourth-order valence-electron chi connectivity index (χ4n) is 7.65. The monoisotopic (exact) mass is 691 g/mol. The summed E-state index contributed by atoms with van der Waals surface area (Å²) >= 11 is 0. The van der Waals surface area contributed by atoms with E-state index in [-0.39, 0.29) is 0 Å². The minimum absolute atomic E-state index is 0.713. The summed E-state index contributed by atoms with van der Waals surface area (Å²) in [5.41, 5.74) is 13.2. The van der Waals surface area contributed by atoms with Crippen LogP contribution in [0.15, 0.2) is 201 Å². The molecule has 54 heavy (non-hydrogen) atoms. The second-order valence-electron chi connectivity index (χ2n) is 13.5. The fourth-order valence-corrected chi connectivity index (χ4v) is 7.65. The van der Waals surface area contributed by atoms with Crippen LogP contribution in [0.25, 0.3) is 94.4 Å². The van der Waals surface area contributed by atoms with Crippen LogP contribution in [0.2, 0.25) is 0 Å². The SMILES string of the molecule is C=C/C=C\C=C(/C)n1c2ccccc2c2c(-c3ccc(-c4ccc(-c5cc(-c6ccccc6)nc(-c6ccccc6)n5)c5ccccc45)cc3)cccc21. The van der Waals surface area contributed by atoms with E-state index < -0.39 is 0 Å². The highest BCUT2D eigenvalue weighted by Gasteiger charge is 2.17. The van der Waals surface area contributed by atoms with Crippen LogP contribution in [-0.2, 0) is 0 Å². The van der Waals surface area contributed by atoms with Crippen LogP contribution in [0.5, 0.6) is 0 Å². The molecule has 0 atom stereocenters. The molecule has 3 heteroatoms. The smallest absolute Gasteiger partial charge is 0.160 e. The zero-order valence-corrected chi connectivity index (χ0v) is 30.0. The molecule has 0 radical (unpaired) electrons. The number of hydrogen-bond donors (Lipinski definition) is 0. The molecule has 0 aliphatic carbocycles. The van der Waals surface area contributed by atoms with Gasteiger partial charge in [0.05, 0.1) is 22.4 Å². The molecule has 0 N–H and O–H groups in total. The van der Waals surface area contributed by atoms with Gasteiger partial charge in [-0.3, -0.25) is 0 Å². The quantitative estimate of drug-likeness (QED) is 0.149. The number of aromatic nitrogens is 3. The summed E-state index contributed by atoms with van der Waals surface area (Å²) in [6.07, 6.45) is 7.94. The highest BCUT2D eigenvalue weighted by Crippen LogP contribution is 2.40. The highest BCUT2D eigenvalue weighted by molar-refractivity contribution is 6.16. The molecular formula is C51H37N3. The lowest BCUT2D eigenvalue weighted by Crippen LogP contribution is -1.96. The van der Waals surface area contributed by atoms with Gasteiger partial charge in [0.15, 0.2) is 5.82 Å². The van der Waals surface area contributed by atoms with E-state index in [1.807, 2.05) is 36.4 Å². The second kappa shape index (κ2) is 14.1. The molecule has 256 valence electrons. The standard InChI is InChI=1S/C51H37N3/c1-3-4-7-17-35(2)54-48-26-15-14-24-45(48)50-41(25-16-27-49(50)54)37-30-28-36(29-31-37)40-32-33-44(43-23-13-12-22-42(40)43)47-34-46(38-18-8-5-9-19-38)52-51(53-47)39-20-10-6-11-21-39/h3-34H,1H2,2H3/b7-4-,35-17+. The molecule has 7 aromatic carbocycles. The Hall–Kier alpha value is -7.10. The summed E-state index contributed by atoms with van der Waals surface area (Å²) in [6, 6.07) is 60.1. The van der Waals surface area contributed by atoms with E-state index in [2.05, 4.69) is 170 Å². The van der Waals surface area contributed by atoms with Gasteiger partial charge in [0.25, 0.3) is 0 Å². The molecule has 0 saturated carbocycles. The van der Waals surface area contributed by atoms with E-state index in [0.29, 0.717) is 5.82 Å². The Morgan fingerprint density at radius 2 is 1.06 bits per heavy atom. The zero-order chi connectivity index (χ0) is 36.4. The predicted molar refractivity (Wildman–Crippen MR) is 229 cm³/mol. The number of rotatable bonds is 8. The minimum atomic E-state index is 0.713. The van der Waals surface area contributed by atoms with Gasteiger partial charge in [-0.2, -0.15) is 0 Å². The molecule has 9 aromatic rings. The largest absolute Gasteiger partial charge is 0.313 e. The van der Waals surface area contributed by atoms with E-state index in [0.717, 1.165) is 39.2 Å². The third kappa shape index (κ3) is 5.92. The van der Waals surface area contributed by atoms with Gasteiger partial charge < -0.3 is 4.57 Å². The Bertz CT molecular complexity index is 2820. The van der Waals surface area contributed by atoms with E-state index in [1.54, 1.807) is 6.08 Å². The van der Waals surface area contributed by atoms with Crippen LogP contribution >= 0.6 is 0 Å². The molecule has 9 rings (SSSR count). The van der Waals surface area contributed by atoms with Gasteiger partial charge in [-0.15, -0.1) is 0 Å². The van der Waals surface area contributed by atoms with Gasteiger partial charge in [0.1, 0.15) is 0 Å². The van der Waals surface area contributed by atoms with Crippen molar-refractivity contribution in [1.82, 2.24) is 14.5 Å². The van der Waals surface area contributed by atoms with Crippen molar-refractivity contribution in [3.05, 3.63) is 201 Å². The van der Waals surface area contributed by atoms with Crippen LogP contribution in [0.3, 0.4) is 0 Å². The Balaban J connectivity index is 1.14. The molecule has 0 aliphatic heterocycles. The van der Waals surface area contributed by atoms with Crippen LogP contribution in [-0.4, -0.2) is 14.5 Å². The van der Waals surface area contributed by atoms with Crippen molar-refractivity contribution < 1.29 is 0 Å². The first kappa shape index (κ1) is 32.8. The van der Waals surface area contributed by atoms with Crippen molar-refractivity contribution in [1.29, 1.82) is 0 Å². The first-order valence-corrected chi connectivity index (χ1v) is 18.3. The van der Waals surface area contributed by atoms with Crippen molar-refractivity contribution in [2.24, 2.45) is 0 Å². The predicted octanol–water partition coefficient (Wildman–Crippen LogP) is 13.7. The fraction of sp³-hybridized carbons (Fsp3) is 0.0196. The summed E-state index contributed by atoms with van der Waals surface area (Å²) in [7, 11) is 0. The summed E-state index contributed by atoms with van der Waals surface area (Å²) in [6.45, 7) is 5.98. The number of benzene rings is 7. The van der Waals surface area contributed by atoms with E-state index in [9.17, 15) is 0 Å². The number of hydrogen-bond acceptors (Lipinski definition) is 2. The zero-order valence-electron chi connectivity index (χ0n) is 30.0. The maximum atomic E-state index is 5.15. The van der Waals surface area contributed by atoms with Crippen LogP contribution < -0.4 is 0 Å². The Morgan fingerprint density at radius 1 is 0.481 bits per heavy atom. The van der Waals surface area contributed by atoms with Gasteiger partial charge in [0.2, 0.25) is 0 Å². The van der Waals surface area contributed by atoms with Crippen molar-refractivity contribution in [2.45, 2.75) is 6.92 Å². The molecule has 3 nitrogen and oxygen atoms in total. The molecular weight excluding hydrogens is 655 g/mol. The summed E-state index contributed by atoms with van der Waals surface area (Å²) in [5, 5.41) is 4.83. The third-order valence-electron chi connectivity index (χ3n) is 10.2. The summed E-state index contributed by atoms with van der Waals surface area (Å²) in [4.78, 5) is 10.2. The van der Waals surface area contributed by atoms with Gasteiger partial charge in [-0.25, -0.2) is 9.97 Å². The molecule has 2 aromatic heterocycles. The topological polar surface area (TPSA) is 30.7 Å². The molecule has 0 spiro atoms. The lowest BCUT2D eigenvalue weighted by molar-refractivity contribution is 1.18. The van der Waals surface area contributed by atoms with E-state index >= 15 is 0 Å². The first-order valence-electron chi connectivity index (χ1n) is 18.3. The van der Waals surface area contributed by atoms with Gasteiger partial charge in [-0.05, 0) is 64.2 Å². The minimum Gasteiger partial charge on any atom is -0.313 e. The number of nitrogens with zero attached hydrogens (tertiary/aromatic N) is 3. The van der Waals surface area contributed by atoms with Gasteiger partial charge in [0, 0.05) is 33.2 Å². The molecule has 0 unspecified atom stereocenters. The first-order chi connectivity index (χ1) is 26.7. The molecule has 0 fully saturated rings. The van der Waals surface area contributed by atoms with Crippen molar-refractivity contribution in [2.75, 3.05) is 0 Å². The molecule has 0 saturated heterocycles. The van der Waals surface area contributed by atoms with Crippen LogP contribution in [0.4, 0.5) is 0 Å². The van der Waals surface area contributed by atoms with Crippen molar-refractivity contribution in [3.8, 4) is 56.2 Å². The lowest BCUT2D eigenvalue weighted by Gasteiger charge is -2.14. The Labute approximate surface area is 315 Å². The highest BCUT2D eigenvalue weighted by atomic mass is 15.0. The van der Waals surface area contributed by atoms with Crippen molar-refractivity contribution >= 4 is 38.3 Å². The average Bonchev–Trinajstić information content (AvgIpc) is 3.59. The molecule has 0 amide bonds. The van der Waals surface area contributed by atoms with Gasteiger partial charge in [-0.1, -0.05) is 176 Å². The van der Waals surface area contributed by atoms with E-state index in [4.69, 9.17) is 9.97 Å². The Kier molecular flexibility index (Phi) is 8.58. The molecule has 2 heterocycles. The van der Waals surface area contributed by atoms with Crippen molar-refractivity contribution in [3.63, 3.8) is 0 Å². The third-order valence-corrected chi connectivity index (χ3v) is 10.2. The molecule has 0 bridgehead atoms. The van der Waals surface area contributed by atoms with Crippen LogP contribution in [0.1, 0.15) is 6.92 Å². The number of allylic oxidation sites excluding steroid dienone is 5. The second-order valence-corrected chi connectivity index (χ2v) is 13.5. The normalized spacial score (nSPS) is 11.9. The lowest BCUT2D eigenvalue weighted by atomic mass is 9.92.